The molecule has 0 unspecified atom stereocenters. The van der Waals surface area contributed by atoms with Crippen LogP contribution in [0.15, 0.2) is 24.3 Å². The molecule has 1 aromatic rings. The Morgan fingerprint density at radius 1 is 1.37 bits per heavy atom. The monoisotopic (exact) mass is 280 g/mol. The van der Waals surface area contributed by atoms with E-state index in [9.17, 15) is 4.79 Å². The van der Waals surface area contributed by atoms with E-state index < -0.39 is 5.54 Å². The molecule has 1 aliphatic heterocycles. The van der Waals surface area contributed by atoms with Crippen LogP contribution in [0.4, 0.5) is 0 Å². The third-order valence-corrected chi connectivity index (χ3v) is 3.72. The number of rotatable bonds is 4. The Balaban J connectivity index is 2.29. The van der Waals surface area contributed by atoms with Crippen LogP contribution in [0, 0.1) is 5.41 Å². The van der Waals surface area contributed by atoms with Crippen LogP contribution in [0.1, 0.15) is 24.0 Å². The van der Waals surface area contributed by atoms with Crippen molar-refractivity contribution in [3.05, 3.63) is 35.4 Å². The lowest BCUT2D eigenvalue weighted by molar-refractivity contribution is -0.122. The maximum atomic E-state index is 11.7. The molecule has 4 nitrogen and oxygen atoms in total. The van der Waals surface area contributed by atoms with Gasteiger partial charge in [-0.1, -0.05) is 24.3 Å². The Morgan fingerprint density at radius 2 is 2.00 bits per heavy atom. The summed E-state index contributed by atoms with van der Waals surface area (Å²) in [5, 5.41) is 10.2. The van der Waals surface area contributed by atoms with Gasteiger partial charge >= 0.3 is 0 Å². The molecule has 0 radical (unpaired) electrons. The number of carbonyl (C=O) groups is 1. The van der Waals surface area contributed by atoms with Gasteiger partial charge < -0.3 is 15.5 Å². The molecule has 1 heterocycles. The van der Waals surface area contributed by atoms with Crippen molar-refractivity contribution in [2.75, 3.05) is 19.1 Å². The van der Waals surface area contributed by atoms with Crippen molar-refractivity contribution in [3.63, 3.8) is 0 Å². The number of nitrogens with one attached hydrogen (secondary N) is 2. The number of carbonyl (C=O) groups excluding carboxylic acids is 1. The first kappa shape index (κ1) is 14.0. The molecule has 0 atom stereocenters. The van der Waals surface area contributed by atoms with E-state index in [4.69, 9.17) is 21.7 Å². The van der Waals surface area contributed by atoms with E-state index in [1.165, 1.54) is 6.21 Å². The number of hydrogen-bond donors (Lipinski definition) is 2. The topological polar surface area (TPSA) is 62.2 Å². The summed E-state index contributed by atoms with van der Waals surface area (Å²) in [5.41, 5.74) is 1.49. The minimum Gasteiger partial charge on any atom is -0.381 e. The molecule has 1 amide bonds. The highest BCUT2D eigenvalue weighted by atomic mass is 35.5. The zero-order valence-electron chi connectivity index (χ0n) is 10.6. The van der Waals surface area contributed by atoms with E-state index in [0.29, 0.717) is 13.2 Å². The maximum absolute atomic E-state index is 11.7. The van der Waals surface area contributed by atoms with Crippen molar-refractivity contribution in [2.45, 2.75) is 18.4 Å². The van der Waals surface area contributed by atoms with Crippen LogP contribution in [-0.4, -0.2) is 31.2 Å². The first-order valence-electron chi connectivity index (χ1n) is 6.26. The maximum Gasteiger partial charge on any atom is 0.235 e. The summed E-state index contributed by atoms with van der Waals surface area (Å²) in [6.45, 7) is 1.24. The highest BCUT2D eigenvalue weighted by Crippen LogP contribution is 2.32. The Bertz CT molecular complexity index is 453. The van der Waals surface area contributed by atoms with Crippen molar-refractivity contribution in [3.8, 4) is 0 Å². The summed E-state index contributed by atoms with van der Waals surface area (Å²) >= 11 is 5.60. The molecule has 102 valence electrons. The number of ether oxygens (including phenoxy) is 1. The molecule has 2 N–H and O–H groups in total. The predicted molar refractivity (Wildman–Crippen MR) is 74.9 cm³/mol. The molecule has 0 aliphatic carbocycles. The van der Waals surface area contributed by atoms with Gasteiger partial charge in [-0.05, 0) is 24.0 Å². The van der Waals surface area contributed by atoms with Crippen LogP contribution in [0.2, 0.25) is 0 Å². The smallest absolute Gasteiger partial charge is 0.235 e. The molecule has 2 rings (SSSR count). The van der Waals surface area contributed by atoms with Crippen molar-refractivity contribution in [2.24, 2.45) is 0 Å². The molecule has 0 bridgehead atoms. The van der Waals surface area contributed by atoms with E-state index in [2.05, 4.69) is 5.32 Å². The summed E-state index contributed by atoms with van der Waals surface area (Å²) in [4.78, 5) is 11.7. The molecule has 0 aromatic heterocycles. The summed E-state index contributed by atoms with van der Waals surface area (Å²) in [5.74, 6) is -0.207. The predicted octanol–water partition coefficient (Wildman–Crippen LogP) is 2.04. The molecule has 1 aromatic carbocycles. The first-order valence-corrected chi connectivity index (χ1v) is 6.79. The van der Waals surface area contributed by atoms with E-state index in [-0.39, 0.29) is 11.8 Å². The van der Waals surface area contributed by atoms with Gasteiger partial charge in [0, 0.05) is 19.4 Å². The van der Waals surface area contributed by atoms with E-state index in [1.807, 2.05) is 24.3 Å². The summed E-state index contributed by atoms with van der Waals surface area (Å²) in [6.07, 6.45) is 2.77. The van der Waals surface area contributed by atoms with Gasteiger partial charge in [0.1, 0.15) is 5.88 Å². The highest BCUT2D eigenvalue weighted by molar-refractivity contribution is 6.27. The standard InChI is InChI=1S/C14H17ClN2O2/c15-9-13(18)17-14(5-7-19-8-6-14)12-3-1-11(10-16)2-4-12/h1-4,10,16H,5-9H2,(H,17,18). The van der Waals surface area contributed by atoms with Gasteiger partial charge in [-0.15, -0.1) is 11.6 Å². The van der Waals surface area contributed by atoms with Gasteiger partial charge in [0.2, 0.25) is 5.91 Å². The van der Waals surface area contributed by atoms with E-state index >= 15 is 0 Å². The third-order valence-electron chi connectivity index (χ3n) is 3.48. The number of alkyl halides is 1. The van der Waals surface area contributed by atoms with Crippen LogP contribution >= 0.6 is 11.6 Å². The third kappa shape index (κ3) is 3.14. The average molecular weight is 281 g/mol. The number of amides is 1. The minimum absolute atomic E-state index is 0.0405. The van der Waals surface area contributed by atoms with Gasteiger partial charge in [0.15, 0.2) is 0 Å². The highest BCUT2D eigenvalue weighted by Gasteiger charge is 2.35. The van der Waals surface area contributed by atoms with Gasteiger partial charge in [0.25, 0.3) is 0 Å². The fraction of sp³-hybridized carbons (Fsp3) is 0.429. The number of benzene rings is 1. The lowest BCUT2D eigenvalue weighted by Crippen LogP contribution is -2.49. The second kappa shape index (κ2) is 6.17. The second-order valence-electron chi connectivity index (χ2n) is 4.64. The van der Waals surface area contributed by atoms with Crippen molar-refractivity contribution in [1.29, 1.82) is 5.41 Å². The fourth-order valence-corrected chi connectivity index (χ4v) is 2.47. The summed E-state index contributed by atoms with van der Waals surface area (Å²) in [7, 11) is 0. The minimum atomic E-state index is -0.398. The molecule has 0 spiro atoms. The van der Waals surface area contributed by atoms with Crippen molar-refractivity contribution >= 4 is 23.7 Å². The van der Waals surface area contributed by atoms with Crippen LogP contribution in [-0.2, 0) is 15.1 Å². The SMILES string of the molecule is N=Cc1ccc(C2(NC(=O)CCl)CCOCC2)cc1. The lowest BCUT2D eigenvalue weighted by Gasteiger charge is -2.38. The molecule has 1 saturated heterocycles. The molecule has 5 heteroatoms. The zero-order chi connectivity index (χ0) is 13.7. The average Bonchev–Trinajstić information content (AvgIpc) is 2.48. The summed E-state index contributed by atoms with van der Waals surface area (Å²) in [6, 6.07) is 7.68. The largest absolute Gasteiger partial charge is 0.381 e. The Hall–Kier alpha value is -1.39. The zero-order valence-corrected chi connectivity index (χ0v) is 11.4. The normalized spacial score (nSPS) is 17.7. The number of hydrogen-bond acceptors (Lipinski definition) is 3. The second-order valence-corrected chi connectivity index (χ2v) is 4.91. The lowest BCUT2D eigenvalue weighted by atomic mass is 9.82. The molecule has 19 heavy (non-hydrogen) atoms. The van der Waals surface area contributed by atoms with Gasteiger partial charge in [-0.25, -0.2) is 0 Å². The number of halogens is 1. The molecular weight excluding hydrogens is 264 g/mol. The van der Waals surface area contributed by atoms with Crippen LogP contribution in [0.5, 0.6) is 0 Å². The van der Waals surface area contributed by atoms with Crippen LogP contribution < -0.4 is 5.32 Å². The van der Waals surface area contributed by atoms with E-state index in [0.717, 1.165) is 24.0 Å². The van der Waals surface area contributed by atoms with Crippen molar-refractivity contribution in [1.82, 2.24) is 5.32 Å². The van der Waals surface area contributed by atoms with Crippen LogP contribution in [0.25, 0.3) is 0 Å². The molecule has 1 fully saturated rings. The first-order chi connectivity index (χ1) is 9.20. The Kier molecular flexibility index (Phi) is 4.56. The molecule has 1 aliphatic rings. The summed E-state index contributed by atoms with van der Waals surface area (Å²) < 4.78 is 5.39. The molecular formula is C14H17ClN2O2. The van der Waals surface area contributed by atoms with Crippen LogP contribution in [0.3, 0.4) is 0 Å². The van der Waals surface area contributed by atoms with Crippen molar-refractivity contribution < 1.29 is 9.53 Å². The molecule has 0 saturated carbocycles. The van der Waals surface area contributed by atoms with Gasteiger partial charge in [-0.3, -0.25) is 4.79 Å². The van der Waals surface area contributed by atoms with Gasteiger partial charge in [-0.2, -0.15) is 0 Å². The Labute approximate surface area is 117 Å². The fourth-order valence-electron chi connectivity index (χ4n) is 2.40. The Morgan fingerprint density at radius 3 is 2.53 bits per heavy atom. The van der Waals surface area contributed by atoms with E-state index in [1.54, 1.807) is 0 Å². The quantitative estimate of drug-likeness (QED) is 0.655. The van der Waals surface area contributed by atoms with Gasteiger partial charge in [0.05, 0.1) is 5.54 Å².